The van der Waals surface area contributed by atoms with Crippen molar-refractivity contribution in [2.24, 2.45) is 11.7 Å². The molecular formula is C22H26N2O4S. The lowest BCUT2D eigenvalue weighted by atomic mass is 9.96. The summed E-state index contributed by atoms with van der Waals surface area (Å²) in [6.45, 7) is 2.34. The summed E-state index contributed by atoms with van der Waals surface area (Å²) in [4.78, 5) is 14.2. The lowest BCUT2D eigenvalue weighted by Gasteiger charge is -2.32. The smallest absolute Gasteiger partial charge is 0.220 e. The quantitative estimate of drug-likeness (QED) is 0.529. The van der Waals surface area contributed by atoms with Crippen molar-refractivity contribution in [1.29, 1.82) is 0 Å². The predicted molar refractivity (Wildman–Crippen MR) is 116 cm³/mol. The topological polar surface area (TPSA) is 74.0 Å². The van der Waals surface area contributed by atoms with Crippen molar-refractivity contribution in [3.8, 4) is 17.2 Å². The van der Waals surface area contributed by atoms with E-state index in [2.05, 4.69) is 4.90 Å². The number of carbonyl (C=O) groups is 1. The fourth-order valence-corrected chi connectivity index (χ4v) is 3.61. The van der Waals surface area contributed by atoms with Gasteiger partial charge in [-0.15, -0.1) is 0 Å². The van der Waals surface area contributed by atoms with Gasteiger partial charge in [0.15, 0.2) is 11.5 Å². The highest BCUT2D eigenvalue weighted by Gasteiger charge is 2.24. The first-order chi connectivity index (χ1) is 14.1. The van der Waals surface area contributed by atoms with Crippen LogP contribution in [-0.2, 0) is 4.79 Å². The lowest BCUT2D eigenvalue weighted by molar-refractivity contribution is -0.122. The number of piperidine rings is 1. The second kappa shape index (κ2) is 10.1. The van der Waals surface area contributed by atoms with Crippen molar-refractivity contribution in [1.82, 2.24) is 4.90 Å². The molecule has 0 aliphatic carbocycles. The van der Waals surface area contributed by atoms with Crippen LogP contribution in [0.4, 0.5) is 0 Å². The van der Waals surface area contributed by atoms with Crippen LogP contribution in [-0.4, -0.2) is 49.2 Å². The van der Waals surface area contributed by atoms with Gasteiger partial charge in [-0.2, -0.15) is 0 Å². The van der Waals surface area contributed by atoms with E-state index in [0.29, 0.717) is 24.7 Å². The summed E-state index contributed by atoms with van der Waals surface area (Å²) in [5.74, 6) is 1.90. The standard InChI is InChI=1S/C22H26N2O4S/c1-26-19-4-2-3-5-20(19)28-15-14-27-18-8-6-17(7-9-18)22(29)24-12-10-16(11-13-24)21(23)25/h2-9,16H,10-15H2,1H3,(H2,23,25). The normalized spacial score (nSPS) is 14.3. The average molecular weight is 415 g/mol. The number of ether oxygens (including phenoxy) is 3. The molecule has 0 unspecified atom stereocenters. The molecule has 6 nitrogen and oxygen atoms in total. The number of nitrogens with two attached hydrogens (primary N) is 1. The molecular weight excluding hydrogens is 388 g/mol. The molecule has 3 rings (SSSR count). The van der Waals surface area contributed by atoms with Gasteiger partial charge in [0.05, 0.1) is 7.11 Å². The number of thiocarbonyl (C=S) groups is 1. The lowest BCUT2D eigenvalue weighted by Crippen LogP contribution is -2.41. The molecule has 1 aliphatic rings. The highest BCUT2D eigenvalue weighted by atomic mass is 32.1. The van der Waals surface area contributed by atoms with E-state index in [1.807, 2.05) is 48.5 Å². The molecule has 1 heterocycles. The van der Waals surface area contributed by atoms with Crippen LogP contribution in [0.25, 0.3) is 0 Å². The Hall–Kier alpha value is -2.80. The zero-order chi connectivity index (χ0) is 20.6. The summed E-state index contributed by atoms with van der Waals surface area (Å²) in [6, 6.07) is 15.2. The van der Waals surface area contributed by atoms with E-state index in [-0.39, 0.29) is 11.8 Å². The Morgan fingerprint density at radius 3 is 2.28 bits per heavy atom. The van der Waals surface area contributed by atoms with Crippen molar-refractivity contribution in [3.05, 3.63) is 54.1 Å². The maximum Gasteiger partial charge on any atom is 0.220 e. The van der Waals surface area contributed by atoms with Gasteiger partial charge in [-0.3, -0.25) is 4.79 Å². The summed E-state index contributed by atoms with van der Waals surface area (Å²) >= 11 is 5.61. The third kappa shape index (κ3) is 5.60. The maximum absolute atomic E-state index is 11.3. The minimum atomic E-state index is -0.216. The Kier molecular flexibility index (Phi) is 7.30. The van der Waals surface area contributed by atoms with Crippen molar-refractivity contribution in [2.75, 3.05) is 33.4 Å². The molecule has 2 aromatic rings. The van der Waals surface area contributed by atoms with Gasteiger partial charge >= 0.3 is 0 Å². The molecule has 7 heteroatoms. The first-order valence-electron chi connectivity index (χ1n) is 9.65. The number of hydrogen-bond acceptors (Lipinski definition) is 5. The number of primary amides is 1. The van der Waals surface area contributed by atoms with Gasteiger partial charge in [0, 0.05) is 24.6 Å². The molecule has 0 aromatic heterocycles. The fourth-order valence-electron chi connectivity index (χ4n) is 3.29. The summed E-state index contributed by atoms with van der Waals surface area (Å²) in [5.41, 5.74) is 6.36. The van der Waals surface area contributed by atoms with E-state index in [1.165, 1.54) is 0 Å². The number of likely N-dealkylation sites (tertiary alicyclic amines) is 1. The molecule has 0 radical (unpaired) electrons. The number of rotatable bonds is 8. The zero-order valence-corrected chi connectivity index (χ0v) is 17.3. The van der Waals surface area contributed by atoms with Crippen LogP contribution >= 0.6 is 12.2 Å². The Bertz CT molecular complexity index is 833. The first-order valence-corrected chi connectivity index (χ1v) is 10.1. The molecule has 0 saturated carbocycles. The van der Waals surface area contributed by atoms with Gasteiger partial charge in [0.2, 0.25) is 5.91 Å². The molecule has 2 aromatic carbocycles. The second-order valence-electron chi connectivity index (χ2n) is 6.84. The second-order valence-corrected chi connectivity index (χ2v) is 7.23. The number of amides is 1. The van der Waals surface area contributed by atoms with E-state index >= 15 is 0 Å². The third-order valence-electron chi connectivity index (χ3n) is 4.96. The zero-order valence-electron chi connectivity index (χ0n) is 16.5. The van der Waals surface area contributed by atoms with Crippen molar-refractivity contribution in [2.45, 2.75) is 12.8 Å². The van der Waals surface area contributed by atoms with Gasteiger partial charge in [-0.05, 0) is 49.2 Å². The van der Waals surface area contributed by atoms with Crippen molar-refractivity contribution in [3.63, 3.8) is 0 Å². The molecule has 29 heavy (non-hydrogen) atoms. The van der Waals surface area contributed by atoms with Crippen LogP contribution in [0.1, 0.15) is 18.4 Å². The first kappa shape index (κ1) is 20.9. The Morgan fingerprint density at radius 1 is 1.03 bits per heavy atom. The summed E-state index contributed by atoms with van der Waals surface area (Å²) in [5, 5.41) is 0. The summed E-state index contributed by atoms with van der Waals surface area (Å²) < 4.78 is 16.7. The highest BCUT2D eigenvalue weighted by Crippen LogP contribution is 2.25. The molecule has 0 bridgehead atoms. The SMILES string of the molecule is COc1ccccc1OCCOc1ccc(C(=S)N2CCC(C(N)=O)CC2)cc1. The maximum atomic E-state index is 11.3. The van der Waals surface area contributed by atoms with E-state index in [0.717, 1.165) is 42.2 Å². The molecule has 0 spiro atoms. The Morgan fingerprint density at radius 2 is 1.66 bits per heavy atom. The number of nitrogens with zero attached hydrogens (tertiary/aromatic N) is 1. The summed E-state index contributed by atoms with van der Waals surface area (Å²) in [7, 11) is 1.62. The number of benzene rings is 2. The van der Waals surface area contributed by atoms with Crippen LogP contribution in [0, 0.1) is 5.92 Å². The molecule has 1 aliphatic heterocycles. The van der Waals surface area contributed by atoms with Gasteiger partial charge in [0.25, 0.3) is 0 Å². The van der Waals surface area contributed by atoms with Crippen LogP contribution in [0.15, 0.2) is 48.5 Å². The van der Waals surface area contributed by atoms with E-state index in [1.54, 1.807) is 7.11 Å². The van der Waals surface area contributed by atoms with Gasteiger partial charge in [-0.1, -0.05) is 24.4 Å². The number of carbonyl (C=O) groups excluding carboxylic acids is 1. The highest BCUT2D eigenvalue weighted by molar-refractivity contribution is 7.80. The average Bonchev–Trinajstić information content (AvgIpc) is 2.77. The van der Waals surface area contributed by atoms with Crippen molar-refractivity contribution < 1.29 is 19.0 Å². The van der Waals surface area contributed by atoms with Crippen LogP contribution in [0.5, 0.6) is 17.2 Å². The van der Waals surface area contributed by atoms with Crippen LogP contribution in [0.2, 0.25) is 0 Å². The number of para-hydroxylation sites is 2. The largest absolute Gasteiger partial charge is 0.493 e. The molecule has 154 valence electrons. The monoisotopic (exact) mass is 414 g/mol. The fraction of sp³-hybridized carbons (Fsp3) is 0.364. The Labute approximate surface area is 176 Å². The van der Waals surface area contributed by atoms with Gasteiger partial charge < -0.3 is 24.8 Å². The minimum absolute atomic E-state index is 0.0390. The number of hydrogen-bond donors (Lipinski definition) is 1. The molecule has 1 fully saturated rings. The number of methoxy groups -OCH3 is 1. The Balaban J connectivity index is 1.45. The molecule has 2 N–H and O–H groups in total. The molecule has 1 saturated heterocycles. The van der Waals surface area contributed by atoms with Crippen LogP contribution < -0.4 is 19.9 Å². The third-order valence-corrected chi connectivity index (χ3v) is 5.46. The van der Waals surface area contributed by atoms with Crippen molar-refractivity contribution >= 4 is 23.1 Å². The van der Waals surface area contributed by atoms with E-state index in [9.17, 15) is 4.79 Å². The molecule has 1 amide bonds. The summed E-state index contributed by atoms with van der Waals surface area (Å²) in [6.07, 6.45) is 1.51. The molecule has 0 atom stereocenters. The van der Waals surface area contributed by atoms with E-state index < -0.39 is 0 Å². The van der Waals surface area contributed by atoms with Crippen LogP contribution in [0.3, 0.4) is 0 Å². The predicted octanol–water partition coefficient (Wildman–Crippen LogP) is 3.03. The minimum Gasteiger partial charge on any atom is -0.493 e. The van der Waals surface area contributed by atoms with E-state index in [4.69, 9.17) is 32.2 Å². The van der Waals surface area contributed by atoms with Gasteiger partial charge in [0.1, 0.15) is 24.0 Å². The van der Waals surface area contributed by atoms with Gasteiger partial charge in [-0.25, -0.2) is 0 Å².